The van der Waals surface area contributed by atoms with Crippen LogP contribution in [0.2, 0.25) is 0 Å². The fourth-order valence-electron chi connectivity index (χ4n) is 1.35. The molecule has 1 aromatic carbocycles. The van der Waals surface area contributed by atoms with Gasteiger partial charge in [-0.05, 0) is 26.0 Å². The van der Waals surface area contributed by atoms with E-state index in [0.717, 1.165) is 0 Å². The fraction of sp³-hybridized carbons (Fsp3) is 0.400. The lowest BCUT2D eigenvalue weighted by Gasteiger charge is -2.14. The van der Waals surface area contributed by atoms with Crippen LogP contribution in [0.1, 0.15) is 19.4 Å². The van der Waals surface area contributed by atoms with Crippen LogP contribution in [0.25, 0.3) is 0 Å². The van der Waals surface area contributed by atoms with Gasteiger partial charge in [-0.15, -0.1) is 0 Å². The summed E-state index contributed by atoms with van der Waals surface area (Å²) < 4.78 is 41.1. The highest BCUT2D eigenvalue weighted by atomic mass is 32.2. The molecule has 0 unspecified atom stereocenters. The minimum Gasteiger partial charge on any atom is -0.326 e. The van der Waals surface area contributed by atoms with Crippen LogP contribution < -0.4 is 15.2 Å². The van der Waals surface area contributed by atoms with Crippen molar-refractivity contribution in [2.45, 2.75) is 26.4 Å². The second kappa shape index (κ2) is 5.44. The molecule has 1 aromatic rings. The molecule has 7 heteroatoms. The molecular weight excluding hydrogens is 245 g/mol. The van der Waals surface area contributed by atoms with Gasteiger partial charge >= 0.3 is 0 Å². The lowest BCUT2D eigenvalue weighted by atomic mass is 10.2. The first-order chi connectivity index (χ1) is 7.85. The third kappa shape index (κ3) is 3.95. The largest absolute Gasteiger partial charge is 0.326 e. The number of benzene rings is 1. The molecule has 0 aromatic heterocycles. The van der Waals surface area contributed by atoms with Gasteiger partial charge in [0.05, 0.1) is 5.69 Å². The molecule has 0 saturated carbocycles. The molecule has 0 saturated heterocycles. The van der Waals surface area contributed by atoms with E-state index < -0.39 is 16.0 Å². The summed E-state index contributed by atoms with van der Waals surface area (Å²) in [6, 6.07) is 3.87. The Morgan fingerprint density at radius 3 is 2.59 bits per heavy atom. The van der Waals surface area contributed by atoms with E-state index in [4.69, 9.17) is 5.73 Å². The number of halogens is 1. The average molecular weight is 261 g/mol. The Balaban J connectivity index is 3.00. The zero-order valence-electron chi connectivity index (χ0n) is 9.70. The van der Waals surface area contributed by atoms with E-state index in [-0.39, 0.29) is 23.8 Å². The number of nitrogens with one attached hydrogen (secondary N) is 2. The van der Waals surface area contributed by atoms with Crippen LogP contribution in [0.4, 0.5) is 10.1 Å². The van der Waals surface area contributed by atoms with Gasteiger partial charge in [0.25, 0.3) is 10.2 Å². The number of rotatable bonds is 5. The third-order valence-electron chi connectivity index (χ3n) is 1.96. The van der Waals surface area contributed by atoms with Gasteiger partial charge in [0.2, 0.25) is 0 Å². The average Bonchev–Trinajstić information content (AvgIpc) is 2.14. The van der Waals surface area contributed by atoms with Crippen LogP contribution in [0.3, 0.4) is 0 Å². The van der Waals surface area contributed by atoms with Gasteiger partial charge in [0.1, 0.15) is 5.82 Å². The van der Waals surface area contributed by atoms with Gasteiger partial charge in [0, 0.05) is 18.2 Å². The first kappa shape index (κ1) is 13.9. The van der Waals surface area contributed by atoms with Crippen LogP contribution >= 0.6 is 0 Å². The monoisotopic (exact) mass is 261 g/mol. The van der Waals surface area contributed by atoms with E-state index in [0.29, 0.717) is 0 Å². The maximum absolute atomic E-state index is 13.4. The summed E-state index contributed by atoms with van der Waals surface area (Å²) in [5, 5.41) is 0. The molecule has 0 aliphatic rings. The SMILES string of the molecule is CC(C)NS(=O)(=O)Nc1cccc(F)c1CN. The molecule has 0 aliphatic heterocycles. The van der Waals surface area contributed by atoms with Gasteiger partial charge in [-0.1, -0.05) is 6.07 Å². The first-order valence-electron chi connectivity index (χ1n) is 5.13. The Morgan fingerprint density at radius 1 is 1.41 bits per heavy atom. The highest BCUT2D eigenvalue weighted by Gasteiger charge is 2.14. The lowest BCUT2D eigenvalue weighted by molar-refractivity contribution is 0.575. The topological polar surface area (TPSA) is 84.2 Å². The molecule has 0 spiro atoms. The molecule has 0 radical (unpaired) electrons. The van der Waals surface area contributed by atoms with E-state index in [1.54, 1.807) is 13.8 Å². The van der Waals surface area contributed by atoms with Crippen LogP contribution in [-0.2, 0) is 16.8 Å². The Kier molecular flexibility index (Phi) is 4.44. The van der Waals surface area contributed by atoms with Gasteiger partial charge in [-0.25, -0.2) is 4.39 Å². The van der Waals surface area contributed by atoms with Crippen LogP contribution in [0.5, 0.6) is 0 Å². The van der Waals surface area contributed by atoms with Crippen molar-refractivity contribution in [1.82, 2.24) is 4.72 Å². The molecule has 4 N–H and O–H groups in total. The van der Waals surface area contributed by atoms with Crippen molar-refractivity contribution in [2.24, 2.45) is 5.73 Å². The van der Waals surface area contributed by atoms with Crippen molar-refractivity contribution in [3.63, 3.8) is 0 Å². The van der Waals surface area contributed by atoms with Crippen molar-refractivity contribution >= 4 is 15.9 Å². The Bertz CT molecular complexity index is 488. The number of anilines is 1. The second-order valence-electron chi connectivity index (χ2n) is 3.85. The third-order valence-corrected chi connectivity index (χ3v) is 3.23. The van der Waals surface area contributed by atoms with E-state index in [1.165, 1.54) is 18.2 Å². The van der Waals surface area contributed by atoms with E-state index >= 15 is 0 Å². The summed E-state index contributed by atoms with van der Waals surface area (Å²) in [5.74, 6) is -0.530. The maximum atomic E-state index is 13.4. The van der Waals surface area contributed by atoms with E-state index in [2.05, 4.69) is 9.44 Å². The van der Waals surface area contributed by atoms with Crippen molar-refractivity contribution in [3.05, 3.63) is 29.6 Å². The van der Waals surface area contributed by atoms with Crippen LogP contribution in [0.15, 0.2) is 18.2 Å². The van der Waals surface area contributed by atoms with Crippen molar-refractivity contribution in [1.29, 1.82) is 0 Å². The van der Waals surface area contributed by atoms with E-state index in [1.807, 2.05) is 0 Å². The zero-order chi connectivity index (χ0) is 13.1. The molecular formula is C10H16FN3O2S. The van der Waals surface area contributed by atoms with Crippen LogP contribution in [-0.4, -0.2) is 14.5 Å². The molecule has 0 aliphatic carbocycles. The molecule has 0 amide bonds. The molecule has 0 heterocycles. The maximum Gasteiger partial charge on any atom is 0.299 e. The standard InChI is InChI=1S/C10H16FN3O2S/c1-7(2)13-17(15,16)14-10-5-3-4-9(11)8(10)6-12/h3-5,7,13-14H,6,12H2,1-2H3. The number of hydrogen-bond donors (Lipinski definition) is 3. The number of nitrogens with two attached hydrogens (primary N) is 1. The molecule has 0 fully saturated rings. The zero-order valence-corrected chi connectivity index (χ0v) is 10.5. The van der Waals surface area contributed by atoms with Crippen molar-refractivity contribution < 1.29 is 12.8 Å². The minimum absolute atomic E-state index is 0.0772. The molecule has 1 rings (SSSR count). The molecule has 0 bridgehead atoms. The summed E-state index contributed by atoms with van der Waals surface area (Å²) in [5.41, 5.74) is 5.67. The Labute approximate surface area is 100 Å². The Hall–Kier alpha value is -1.18. The predicted molar refractivity (Wildman–Crippen MR) is 65.1 cm³/mol. The lowest BCUT2D eigenvalue weighted by Crippen LogP contribution is -2.35. The molecule has 5 nitrogen and oxygen atoms in total. The molecule has 96 valence electrons. The summed E-state index contributed by atoms with van der Waals surface area (Å²) in [6.45, 7) is 3.30. The van der Waals surface area contributed by atoms with Crippen molar-refractivity contribution in [2.75, 3.05) is 4.72 Å². The smallest absolute Gasteiger partial charge is 0.299 e. The van der Waals surface area contributed by atoms with E-state index in [9.17, 15) is 12.8 Å². The highest BCUT2D eigenvalue weighted by molar-refractivity contribution is 7.90. The highest BCUT2D eigenvalue weighted by Crippen LogP contribution is 2.19. The van der Waals surface area contributed by atoms with Gasteiger partial charge < -0.3 is 5.73 Å². The predicted octanol–water partition coefficient (Wildman–Crippen LogP) is 0.939. The van der Waals surface area contributed by atoms with Crippen LogP contribution in [0, 0.1) is 5.82 Å². The first-order valence-corrected chi connectivity index (χ1v) is 6.61. The number of hydrogen-bond acceptors (Lipinski definition) is 3. The fourth-order valence-corrected chi connectivity index (χ4v) is 2.51. The summed E-state index contributed by atoms with van der Waals surface area (Å²) in [7, 11) is -3.71. The van der Waals surface area contributed by atoms with Gasteiger partial charge in [0.15, 0.2) is 0 Å². The summed E-state index contributed by atoms with van der Waals surface area (Å²) in [4.78, 5) is 0. The second-order valence-corrected chi connectivity index (χ2v) is 5.29. The van der Waals surface area contributed by atoms with Gasteiger partial charge in [-0.3, -0.25) is 4.72 Å². The quantitative estimate of drug-likeness (QED) is 0.737. The summed E-state index contributed by atoms with van der Waals surface area (Å²) in [6.07, 6.45) is 0. The molecule has 0 atom stereocenters. The van der Waals surface area contributed by atoms with Gasteiger partial charge in [-0.2, -0.15) is 13.1 Å². The Morgan fingerprint density at radius 2 is 2.06 bits per heavy atom. The van der Waals surface area contributed by atoms with Crippen molar-refractivity contribution in [3.8, 4) is 0 Å². The summed E-state index contributed by atoms with van der Waals surface area (Å²) >= 11 is 0. The minimum atomic E-state index is -3.71. The normalized spacial score (nSPS) is 11.8. The molecule has 17 heavy (non-hydrogen) atoms.